The van der Waals surface area contributed by atoms with E-state index in [0.717, 1.165) is 18.4 Å². The highest BCUT2D eigenvalue weighted by molar-refractivity contribution is 9.12. The van der Waals surface area contributed by atoms with Crippen LogP contribution in [-0.2, 0) is 17.6 Å². The predicted octanol–water partition coefficient (Wildman–Crippen LogP) is 4.74. The number of fused-ring (bicyclic) bond motifs is 3. The highest BCUT2D eigenvalue weighted by Gasteiger charge is 2.25. The monoisotopic (exact) mass is 408 g/mol. The molecule has 0 saturated carbocycles. The third kappa shape index (κ3) is 2.79. The summed E-state index contributed by atoms with van der Waals surface area (Å²) in [5, 5.41) is 9.11. The molecule has 1 N–H and O–H groups in total. The molecule has 2 unspecified atom stereocenters. The van der Waals surface area contributed by atoms with Gasteiger partial charge in [-0.25, -0.2) is 0 Å². The summed E-state index contributed by atoms with van der Waals surface area (Å²) in [6.45, 7) is 0. The molecule has 108 valence electrons. The summed E-state index contributed by atoms with van der Waals surface area (Å²) in [6, 6.07) is 14.7. The minimum atomic E-state index is -0.861. The SMILES string of the molecule is O=C(O)C(Br)C(Br)c1ccc2c(c1)CCc1ccccc1-2. The zero-order chi connectivity index (χ0) is 15.0. The quantitative estimate of drug-likeness (QED) is 0.743. The molecule has 2 nitrogen and oxygen atoms in total. The number of hydrogen-bond donors (Lipinski definition) is 1. The van der Waals surface area contributed by atoms with Crippen LogP contribution >= 0.6 is 31.9 Å². The molecule has 0 bridgehead atoms. The van der Waals surface area contributed by atoms with Crippen LogP contribution < -0.4 is 0 Å². The Kier molecular flexibility index (Phi) is 4.18. The molecule has 0 fully saturated rings. The van der Waals surface area contributed by atoms with Crippen LogP contribution in [-0.4, -0.2) is 15.9 Å². The number of alkyl halides is 2. The van der Waals surface area contributed by atoms with Crippen LogP contribution in [0.15, 0.2) is 42.5 Å². The number of halogens is 2. The van der Waals surface area contributed by atoms with Gasteiger partial charge in [0.15, 0.2) is 0 Å². The molecule has 21 heavy (non-hydrogen) atoms. The van der Waals surface area contributed by atoms with E-state index in [1.54, 1.807) is 0 Å². The largest absolute Gasteiger partial charge is 0.480 e. The molecule has 4 heteroatoms. The van der Waals surface area contributed by atoms with Gasteiger partial charge in [0.25, 0.3) is 0 Å². The minimum absolute atomic E-state index is 0.238. The van der Waals surface area contributed by atoms with Crippen molar-refractivity contribution in [3.05, 3.63) is 59.2 Å². The van der Waals surface area contributed by atoms with Crippen molar-refractivity contribution in [2.75, 3.05) is 0 Å². The van der Waals surface area contributed by atoms with E-state index in [0.29, 0.717) is 0 Å². The van der Waals surface area contributed by atoms with E-state index in [1.165, 1.54) is 22.3 Å². The van der Waals surface area contributed by atoms with E-state index in [1.807, 2.05) is 6.07 Å². The van der Waals surface area contributed by atoms with E-state index >= 15 is 0 Å². The molecule has 0 spiro atoms. The van der Waals surface area contributed by atoms with E-state index in [4.69, 9.17) is 5.11 Å². The first-order chi connectivity index (χ1) is 10.1. The number of benzene rings is 2. The van der Waals surface area contributed by atoms with Gasteiger partial charge in [-0.05, 0) is 40.7 Å². The van der Waals surface area contributed by atoms with E-state index in [9.17, 15) is 4.79 Å². The predicted molar refractivity (Wildman–Crippen MR) is 91.3 cm³/mol. The van der Waals surface area contributed by atoms with Crippen molar-refractivity contribution in [2.45, 2.75) is 22.5 Å². The Morgan fingerprint density at radius 1 is 1.00 bits per heavy atom. The van der Waals surface area contributed by atoms with Crippen LogP contribution in [0.4, 0.5) is 0 Å². The molecular weight excluding hydrogens is 396 g/mol. The summed E-state index contributed by atoms with van der Waals surface area (Å²) >= 11 is 6.70. The van der Waals surface area contributed by atoms with Gasteiger partial charge in [0.05, 0.1) is 4.83 Å². The first kappa shape index (κ1) is 14.8. The fourth-order valence-corrected chi connectivity index (χ4v) is 3.64. The van der Waals surface area contributed by atoms with Crippen LogP contribution in [0.2, 0.25) is 0 Å². The maximum atomic E-state index is 11.1. The lowest BCUT2D eigenvalue weighted by atomic mass is 9.84. The summed E-state index contributed by atoms with van der Waals surface area (Å²) in [7, 11) is 0. The second-order valence-corrected chi connectivity index (χ2v) is 7.19. The number of aliphatic carboxylic acids is 1. The summed E-state index contributed by atoms with van der Waals surface area (Å²) < 4.78 is 0. The lowest BCUT2D eigenvalue weighted by Gasteiger charge is -2.22. The van der Waals surface area contributed by atoms with E-state index < -0.39 is 10.8 Å². The fourth-order valence-electron chi connectivity index (χ4n) is 2.82. The molecule has 3 rings (SSSR count). The zero-order valence-corrected chi connectivity index (χ0v) is 14.4. The second kappa shape index (κ2) is 5.93. The van der Waals surface area contributed by atoms with Gasteiger partial charge in [0.1, 0.15) is 4.83 Å². The first-order valence-electron chi connectivity index (χ1n) is 6.80. The highest BCUT2D eigenvalue weighted by Crippen LogP contribution is 2.38. The Bertz CT molecular complexity index is 697. The molecule has 0 amide bonds. The summed E-state index contributed by atoms with van der Waals surface area (Å²) in [6.07, 6.45) is 2.04. The molecule has 0 radical (unpaired) electrons. The standard InChI is InChI=1S/C17H14Br2O2/c18-15(16(19)17(20)21)12-7-8-14-11(9-12)6-5-10-3-1-2-4-13(10)14/h1-4,7-9,15-16H,5-6H2,(H,20,21). The van der Waals surface area contributed by atoms with Crippen LogP contribution in [0.1, 0.15) is 21.5 Å². The Hall–Kier alpha value is -1.13. The van der Waals surface area contributed by atoms with Crippen molar-refractivity contribution in [1.29, 1.82) is 0 Å². The topological polar surface area (TPSA) is 37.3 Å². The second-order valence-electron chi connectivity index (χ2n) is 5.22. The molecule has 2 atom stereocenters. The molecule has 0 saturated heterocycles. The molecule has 2 aromatic rings. The number of carboxylic acid groups (broad SMARTS) is 1. The molecular formula is C17H14Br2O2. The molecule has 0 aliphatic heterocycles. The maximum absolute atomic E-state index is 11.1. The molecule has 1 aliphatic rings. The van der Waals surface area contributed by atoms with E-state index in [2.05, 4.69) is 68.3 Å². The van der Waals surface area contributed by atoms with Crippen LogP contribution in [0.3, 0.4) is 0 Å². The van der Waals surface area contributed by atoms with Crippen LogP contribution in [0.25, 0.3) is 11.1 Å². The number of carbonyl (C=O) groups is 1. The van der Waals surface area contributed by atoms with Crippen molar-refractivity contribution in [1.82, 2.24) is 0 Å². The normalized spacial score (nSPS) is 15.7. The Labute approximate surface area is 140 Å². The first-order valence-corrected chi connectivity index (χ1v) is 8.63. The molecule has 2 aromatic carbocycles. The van der Waals surface area contributed by atoms with Crippen molar-refractivity contribution < 1.29 is 9.90 Å². The third-order valence-electron chi connectivity index (χ3n) is 3.91. The molecule has 0 aromatic heterocycles. The van der Waals surface area contributed by atoms with Gasteiger partial charge >= 0.3 is 5.97 Å². The Balaban J connectivity index is 1.99. The molecule has 0 heterocycles. The number of carboxylic acids is 1. The molecule has 1 aliphatic carbocycles. The lowest BCUT2D eigenvalue weighted by molar-refractivity contribution is -0.136. The van der Waals surface area contributed by atoms with Gasteiger partial charge < -0.3 is 5.11 Å². The van der Waals surface area contributed by atoms with Gasteiger partial charge in [-0.15, -0.1) is 0 Å². The van der Waals surface area contributed by atoms with Gasteiger partial charge in [-0.2, -0.15) is 0 Å². The summed E-state index contributed by atoms with van der Waals surface area (Å²) in [5.74, 6) is -0.861. The average molecular weight is 410 g/mol. The van der Waals surface area contributed by atoms with Crippen molar-refractivity contribution in [3.8, 4) is 11.1 Å². The Morgan fingerprint density at radius 3 is 2.43 bits per heavy atom. The summed E-state index contributed by atoms with van der Waals surface area (Å²) in [5.41, 5.74) is 6.24. The smallest absolute Gasteiger partial charge is 0.318 e. The lowest BCUT2D eigenvalue weighted by Crippen LogP contribution is -2.18. The van der Waals surface area contributed by atoms with Crippen molar-refractivity contribution in [2.24, 2.45) is 0 Å². The van der Waals surface area contributed by atoms with Gasteiger partial charge in [-0.1, -0.05) is 74.3 Å². The Morgan fingerprint density at radius 2 is 1.67 bits per heavy atom. The third-order valence-corrected chi connectivity index (χ3v) is 6.60. The van der Waals surface area contributed by atoms with E-state index in [-0.39, 0.29) is 4.83 Å². The summed E-state index contributed by atoms with van der Waals surface area (Å²) in [4.78, 5) is 10.2. The number of rotatable bonds is 3. The van der Waals surface area contributed by atoms with Gasteiger partial charge in [0, 0.05) is 0 Å². The van der Waals surface area contributed by atoms with Gasteiger partial charge in [0.2, 0.25) is 0 Å². The zero-order valence-electron chi connectivity index (χ0n) is 11.2. The fraction of sp³-hybridized carbons (Fsp3) is 0.235. The van der Waals surface area contributed by atoms with Crippen molar-refractivity contribution in [3.63, 3.8) is 0 Å². The van der Waals surface area contributed by atoms with Gasteiger partial charge in [-0.3, -0.25) is 4.79 Å². The highest BCUT2D eigenvalue weighted by atomic mass is 79.9. The number of aryl methyl sites for hydroxylation is 2. The maximum Gasteiger partial charge on any atom is 0.318 e. The minimum Gasteiger partial charge on any atom is -0.480 e. The number of hydrogen-bond acceptors (Lipinski definition) is 1. The van der Waals surface area contributed by atoms with Crippen molar-refractivity contribution >= 4 is 37.8 Å². The van der Waals surface area contributed by atoms with Crippen LogP contribution in [0, 0.1) is 0 Å². The van der Waals surface area contributed by atoms with Crippen LogP contribution in [0.5, 0.6) is 0 Å². The average Bonchev–Trinajstić information content (AvgIpc) is 2.52.